The Hall–Kier alpha value is -3.47. The Bertz CT molecular complexity index is 957. The molecule has 0 spiro atoms. The van der Waals surface area contributed by atoms with Crippen LogP contribution < -0.4 is 5.32 Å². The monoisotopic (exact) mass is 315 g/mol. The van der Waals surface area contributed by atoms with Gasteiger partial charge < -0.3 is 0 Å². The van der Waals surface area contributed by atoms with Gasteiger partial charge in [0.2, 0.25) is 0 Å². The molecule has 116 valence electrons. The molecule has 3 aromatic rings. The van der Waals surface area contributed by atoms with Crippen molar-refractivity contribution >= 4 is 23.5 Å². The maximum Gasteiger partial charge on any atom is 0.261 e. The van der Waals surface area contributed by atoms with Gasteiger partial charge in [-0.2, -0.15) is 5.10 Å². The van der Waals surface area contributed by atoms with Crippen molar-refractivity contribution in [3.8, 4) is 5.69 Å². The van der Waals surface area contributed by atoms with E-state index < -0.39 is 11.8 Å². The molecule has 0 saturated carbocycles. The number of benzene rings is 2. The van der Waals surface area contributed by atoms with Crippen LogP contribution in [0.1, 0.15) is 21.6 Å². The number of fused-ring (bicyclic) bond motifs is 1. The van der Waals surface area contributed by atoms with Gasteiger partial charge >= 0.3 is 0 Å². The number of hydrogen-bond acceptors (Lipinski definition) is 3. The Kier molecular flexibility index (Phi) is 3.31. The van der Waals surface area contributed by atoms with E-state index in [9.17, 15) is 9.59 Å². The third-order valence-corrected chi connectivity index (χ3v) is 3.82. The van der Waals surface area contributed by atoms with Crippen molar-refractivity contribution in [1.29, 1.82) is 0 Å². The molecule has 24 heavy (non-hydrogen) atoms. The lowest BCUT2D eigenvalue weighted by Gasteiger charge is -2.12. The molecule has 0 unspecified atom stereocenters. The predicted molar refractivity (Wildman–Crippen MR) is 90.4 cm³/mol. The second-order valence-corrected chi connectivity index (χ2v) is 5.42. The summed E-state index contributed by atoms with van der Waals surface area (Å²) in [7, 11) is 0. The number of rotatable bonds is 2. The van der Waals surface area contributed by atoms with E-state index in [1.165, 1.54) is 0 Å². The fourth-order valence-electron chi connectivity index (χ4n) is 2.65. The number of nitrogens with zero attached hydrogens (tertiary/aromatic N) is 2. The number of aromatic nitrogens is 2. The van der Waals surface area contributed by atoms with Gasteiger partial charge in [0.05, 0.1) is 16.8 Å². The van der Waals surface area contributed by atoms with Crippen LogP contribution in [0.25, 0.3) is 17.3 Å². The highest BCUT2D eigenvalue weighted by Gasteiger charge is 2.30. The minimum Gasteiger partial charge on any atom is -0.288 e. The number of hydrogen-bond donors (Lipinski definition) is 1. The minimum atomic E-state index is -0.435. The number of nitrogens with one attached hydrogen (secondary N) is 1. The number of carbonyl (C=O) groups is 2. The van der Waals surface area contributed by atoms with Crippen LogP contribution in [0.5, 0.6) is 0 Å². The second kappa shape index (κ2) is 5.62. The average Bonchev–Trinajstić information content (AvgIpc) is 3.06. The van der Waals surface area contributed by atoms with Crippen LogP contribution in [0.4, 0.5) is 0 Å². The predicted octanol–water partition coefficient (Wildman–Crippen LogP) is 2.68. The first-order chi connectivity index (χ1) is 11.7. The topological polar surface area (TPSA) is 64.0 Å². The van der Waals surface area contributed by atoms with Crippen molar-refractivity contribution in [2.45, 2.75) is 0 Å². The van der Waals surface area contributed by atoms with Gasteiger partial charge in [-0.15, -0.1) is 0 Å². The molecule has 0 fully saturated rings. The maximum absolute atomic E-state index is 12.3. The van der Waals surface area contributed by atoms with E-state index in [2.05, 4.69) is 10.4 Å². The van der Waals surface area contributed by atoms with Gasteiger partial charge in [-0.3, -0.25) is 14.9 Å². The molecule has 2 heterocycles. The molecule has 4 rings (SSSR count). The summed E-state index contributed by atoms with van der Waals surface area (Å²) >= 11 is 0. The van der Waals surface area contributed by atoms with Crippen LogP contribution in [0.15, 0.2) is 66.9 Å². The Morgan fingerprint density at radius 1 is 0.875 bits per heavy atom. The fourth-order valence-corrected chi connectivity index (χ4v) is 2.65. The average molecular weight is 315 g/mol. The van der Waals surface area contributed by atoms with Crippen molar-refractivity contribution in [1.82, 2.24) is 15.1 Å². The summed E-state index contributed by atoms with van der Waals surface area (Å²) in [5.74, 6) is -0.864. The van der Waals surface area contributed by atoms with Crippen molar-refractivity contribution in [2.24, 2.45) is 0 Å². The first-order valence-corrected chi connectivity index (χ1v) is 7.50. The molecular formula is C19H13N3O2. The van der Waals surface area contributed by atoms with E-state index in [4.69, 9.17) is 0 Å². The van der Waals surface area contributed by atoms with Gasteiger partial charge in [0, 0.05) is 6.20 Å². The number of carbonyl (C=O) groups excluding carboxylic acids is 2. The van der Waals surface area contributed by atoms with Gasteiger partial charge in [0.15, 0.2) is 0 Å². The summed E-state index contributed by atoms with van der Waals surface area (Å²) in [6.45, 7) is 0. The molecule has 0 saturated heterocycles. The molecule has 2 aromatic carbocycles. The zero-order valence-electron chi connectivity index (χ0n) is 12.6. The van der Waals surface area contributed by atoms with Gasteiger partial charge in [-0.05, 0) is 23.8 Å². The quantitative estimate of drug-likeness (QED) is 0.584. The highest BCUT2D eigenvalue weighted by Crippen LogP contribution is 2.26. The van der Waals surface area contributed by atoms with Gasteiger partial charge in [-0.1, -0.05) is 48.5 Å². The molecule has 1 N–H and O–H groups in total. The Balaban J connectivity index is 1.86. The molecule has 0 aliphatic carbocycles. The van der Waals surface area contributed by atoms with Crippen LogP contribution in [-0.2, 0) is 4.79 Å². The van der Waals surface area contributed by atoms with Crippen LogP contribution in [-0.4, -0.2) is 21.6 Å². The Labute approximate surface area is 138 Å². The molecule has 2 amide bonds. The van der Waals surface area contributed by atoms with E-state index >= 15 is 0 Å². The van der Waals surface area contributed by atoms with E-state index in [1.54, 1.807) is 17.0 Å². The molecule has 1 aliphatic heterocycles. The Morgan fingerprint density at radius 2 is 1.54 bits per heavy atom. The summed E-state index contributed by atoms with van der Waals surface area (Å²) in [6, 6.07) is 18.9. The summed E-state index contributed by atoms with van der Waals surface area (Å²) < 4.78 is 1.61. The van der Waals surface area contributed by atoms with E-state index in [0.29, 0.717) is 16.8 Å². The lowest BCUT2D eigenvalue weighted by atomic mass is 10.0. The van der Waals surface area contributed by atoms with Gasteiger partial charge in [0.1, 0.15) is 5.69 Å². The zero-order valence-corrected chi connectivity index (χ0v) is 12.6. The fraction of sp³-hybridized carbons (Fsp3) is 0. The summed E-state index contributed by atoms with van der Waals surface area (Å²) in [4.78, 5) is 24.4. The van der Waals surface area contributed by atoms with Crippen molar-refractivity contribution in [3.05, 3.63) is 83.7 Å². The SMILES string of the molecule is O=C1NC(=O)c2cn(-c3ccccc3)nc2C1=Cc1ccccc1. The first-order valence-electron chi connectivity index (χ1n) is 7.50. The van der Waals surface area contributed by atoms with Crippen LogP contribution in [0.2, 0.25) is 0 Å². The molecule has 0 bridgehead atoms. The third-order valence-electron chi connectivity index (χ3n) is 3.82. The largest absolute Gasteiger partial charge is 0.288 e. The molecule has 0 atom stereocenters. The highest BCUT2D eigenvalue weighted by molar-refractivity contribution is 6.33. The van der Waals surface area contributed by atoms with Crippen molar-refractivity contribution in [2.75, 3.05) is 0 Å². The van der Waals surface area contributed by atoms with Gasteiger partial charge in [0.25, 0.3) is 11.8 Å². The lowest BCUT2D eigenvalue weighted by Crippen LogP contribution is -2.36. The minimum absolute atomic E-state index is 0.380. The lowest BCUT2D eigenvalue weighted by molar-refractivity contribution is -0.114. The second-order valence-electron chi connectivity index (χ2n) is 5.42. The normalized spacial score (nSPS) is 15.2. The first kappa shape index (κ1) is 14.1. The van der Waals surface area contributed by atoms with Crippen molar-refractivity contribution < 1.29 is 9.59 Å². The number of imide groups is 1. The van der Waals surface area contributed by atoms with E-state index in [-0.39, 0.29) is 0 Å². The molecule has 1 aromatic heterocycles. The summed E-state index contributed by atoms with van der Waals surface area (Å²) in [5, 5.41) is 6.84. The third kappa shape index (κ3) is 2.42. The van der Waals surface area contributed by atoms with Crippen LogP contribution in [0, 0.1) is 0 Å². The number of amides is 2. The smallest absolute Gasteiger partial charge is 0.261 e. The van der Waals surface area contributed by atoms with E-state index in [0.717, 1.165) is 11.3 Å². The van der Waals surface area contributed by atoms with Gasteiger partial charge in [-0.25, -0.2) is 4.68 Å². The Morgan fingerprint density at radius 3 is 2.25 bits per heavy atom. The van der Waals surface area contributed by atoms with E-state index in [1.807, 2.05) is 60.7 Å². The highest BCUT2D eigenvalue weighted by atomic mass is 16.2. The van der Waals surface area contributed by atoms with Crippen molar-refractivity contribution in [3.63, 3.8) is 0 Å². The van der Waals surface area contributed by atoms with Crippen LogP contribution in [0.3, 0.4) is 0 Å². The van der Waals surface area contributed by atoms with Crippen LogP contribution >= 0.6 is 0 Å². The summed E-state index contributed by atoms with van der Waals surface area (Å²) in [6.07, 6.45) is 3.38. The summed E-state index contributed by atoms with van der Waals surface area (Å²) in [5.41, 5.74) is 2.87. The standard InChI is InChI=1S/C19H13N3O2/c23-18-15(11-13-7-3-1-4-8-13)17-16(19(24)20-18)12-22(21-17)14-9-5-2-6-10-14/h1-12H,(H,20,23,24). The number of para-hydroxylation sites is 1. The molecule has 1 aliphatic rings. The zero-order chi connectivity index (χ0) is 16.5. The molecular weight excluding hydrogens is 302 g/mol. The molecule has 0 radical (unpaired) electrons. The molecule has 5 heteroatoms. The maximum atomic E-state index is 12.3. The molecule has 5 nitrogen and oxygen atoms in total.